The molecule has 0 bridgehead atoms. The third-order valence-corrected chi connectivity index (χ3v) is 4.77. The number of amides is 4. The summed E-state index contributed by atoms with van der Waals surface area (Å²) < 4.78 is 10.0. The number of ether oxygens (including phenoxy) is 2. The van der Waals surface area contributed by atoms with Gasteiger partial charge in [0.15, 0.2) is 6.61 Å². The van der Waals surface area contributed by atoms with Gasteiger partial charge >= 0.3 is 12.0 Å². The Bertz CT molecular complexity index is 1120. The molecule has 32 heavy (non-hydrogen) atoms. The second-order valence-corrected chi connectivity index (χ2v) is 7.10. The van der Waals surface area contributed by atoms with Crippen molar-refractivity contribution < 1.29 is 28.7 Å². The maximum atomic E-state index is 13.0. The Morgan fingerprint density at radius 3 is 2.53 bits per heavy atom. The number of benzene rings is 2. The van der Waals surface area contributed by atoms with Gasteiger partial charge in [0.05, 0.1) is 12.8 Å². The van der Waals surface area contributed by atoms with E-state index in [0.29, 0.717) is 28.3 Å². The van der Waals surface area contributed by atoms with Gasteiger partial charge in [0, 0.05) is 5.02 Å². The average molecular weight is 455 g/mol. The highest BCUT2D eigenvalue weighted by molar-refractivity contribution is 6.39. The molecule has 0 aliphatic carbocycles. The van der Waals surface area contributed by atoms with Crippen LogP contribution in [0.15, 0.2) is 60.7 Å². The molecule has 1 heterocycles. The van der Waals surface area contributed by atoms with Crippen LogP contribution in [0.1, 0.15) is 11.1 Å². The lowest BCUT2D eigenvalue weighted by Gasteiger charge is -2.26. The van der Waals surface area contributed by atoms with Gasteiger partial charge in [-0.05, 0) is 60.0 Å². The van der Waals surface area contributed by atoms with E-state index >= 15 is 0 Å². The minimum Gasteiger partial charge on any atom is -0.482 e. The summed E-state index contributed by atoms with van der Waals surface area (Å²) in [5, 5.41) is 2.61. The standard InChI is InChI=1S/C23H19ClN2O6/c1-3-4-15-11-14(5-10-19(15)32-13-20(27)31-2)12-18-21(28)25-23(30)26(22(18)29)17-8-6-16(24)7-9-17/h3,5-12H,1,4,13H2,2H3,(H,25,28,30)/b18-12+. The molecule has 1 N–H and O–H groups in total. The molecule has 0 unspecified atom stereocenters. The Kier molecular flexibility index (Phi) is 7.07. The normalized spacial score (nSPS) is 14.9. The number of hydrogen-bond donors (Lipinski definition) is 1. The van der Waals surface area contributed by atoms with Crippen molar-refractivity contribution in [3.63, 3.8) is 0 Å². The number of allylic oxidation sites excluding steroid dienone is 1. The van der Waals surface area contributed by atoms with Crippen LogP contribution in [0, 0.1) is 0 Å². The van der Waals surface area contributed by atoms with Gasteiger partial charge in [-0.2, -0.15) is 0 Å². The average Bonchev–Trinajstić information content (AvgIpc) is 2.77. The van der Waals surface area contributed by atoms with Crippen molar-refractivity contribution >= 4 is 47.2 Å². The third kappa shape index (κ3) is 5.04. The van der Waals surface area contributed by atoms with Gasteiger partial charge in [-0.1, -0.05) is 23.7 Å². The molecule has 0 saturated carbocycles. The maximum Gasteiger partial charge on any atom is 0.343 e. The van der Waals surface area contributed by atoms with Crippen LogP contribution in [0.2, 0.25) is 5.02 Å². The SMILES string of the molecule is C=CCc1cc(/C=C2\C(=O)NC(=O)N(c3ccc(Cl)cc3)C2=O)ccc1OCC(=O)OC. The number of methoxy groups -OCH3 is 1. The van der Waals surface area contributed by atoms with Crippen molar-refractivity contribution in [3.8, 4) is 5.75 Å². The molecule has 8 nitrogen and oxygen atoms in total. The van der Waals surface area contributed by atoms with Crippen LogP contribution < -0.4 is 15.0 Å². The predicted molar refractivity (Wildman–Crippen MR) is 118 cm³/mol. The first-order valence-electron chi connectivity index (χ1n) is 9.44. The number of halogens is 1. The van der Waals surface area contributed by atoms with Crippen LogP contribution >= 0.6 is 11.6 Å². The van der Waals surface area contributed by atoms with E-state index in [1.807, 2.05) is 0 Å². The zero-order valence-corrected chi connectivity index (χ0v) is 17.8. The fourth-order valence-corrected chi connectivity index (χ4v) is 3.12. The van der Waals surface area contributed by atoms with Crippen LogP contribution in [-0.2, 0) is 25.5 Å². The highest BCUT2D eigenvalue weighted by Gasteiger charge is 2.36. The fraction of sp³-hybridized carbons (Fsp3) is 0.130. The number of nitrogens with one attached hydrogen (secondary N) is 1. The molecule has 0 atom stereocenters. The Labute approximate surface area is 189 Å². The van der Waals surface area contributed by atoms with Crippen LogP contribution in [0.25, 0.3) is 6.08 Å². The number of barbiturate groups is 1. The van der Waals surface area contributed by atoms with E-state index < -0.39 is 23.8 Å². The van der Waals surface area contributed by atoms with E-state index in [-0.39, 0.29) is 17.9 Å². The molecule has 4 amide bonds. The Balaban J connectivity index is 1.93. The van der Waals surface area contributed by atoms with Gasteiger partial charge in [-0.15, -0.1) is 6.58 Å². The summed E-state index contributed by atoms with van der Waals surface area (Å²) in [4.78, 5) is 49.8. The number of carbonyl (C=O) groups is 4. The van der Waals surface area contributed by atoms with Crippen LogP contribution in [0.3, 0.4) is 0 Å². The van der Waals surface area contributed by atoms with Crippen molar-refractivity contribution in [1.29, 1.82) is 0 Å². The zero-order valence-electron chi connectivity index (χ0n) is 17.1. The van der Waals surface area contributed by atoms with Gasteiger partial charge in [0.25, 0.3) is 11.8 Å². The first-order valence-corrected chi connectivity index (χ1v) is 9.82. The highest BCUT2D eigenvalue weighted by atomic mass is 35.5. The molecule has 3 rings (SSSR count). The molecule has 0 spiro atoms. The van der Waals surface area contributed by atoms with E-state index in [2.05, 4.69) is 16.6 Å². The number of anilines is 1. The fourth-order valence-electron chi connectivity index (χ4n) is 2.99. The molecule has 1 aliphatic rings. The van der Waals surface area contributed by atoms with E-state index in [4.69, 9.17) is 16.3 Å². The summed E-state index contributed by atoms with van der Waals surface area (Å²) in [6.45, 7) is 3.44. The third-order valence-electron chi connectivity index (χ3n) is 4.52. The largest absolute Gasteiger partial charge is 0.482 e. The molecule has 2 aromatic carbocycles. The molecule has 9 heteroatoms. The molecule has 164 valence electrons. The van der Waals surface area contributed by atoms with Crippen molar-refractivity contribution in [2.45, 2.75) is 6.42 Å². The number of hydrogen-bond acceptors (Lipinski definition) is 6. The minimum atomic E-state index is -0.849. The second-order valence-electron chi connectivity index (χ2n) is 6.66. The molecule has 1 fully saturated rings. The topological polar surface area (TPSA) is 102 Å². The van der Waals surface area contributed by atoms with Crippen LogP contribution in [0.4, 0.5) is 10.5 Å². The summed E-state index contributed by atoms with van der Waals surface area (Å²) >= 11 is 5.87. The first-order chi connectivity index (χ1) is 15.3. The van der Waals surface area contributed by atoms with Gasteiger partial charge < -0.3 is 9.47 Å². The lowest BCUT2D eigenvalue weighted by Crippen LogP contribution is -2.54. The van der Waals surface area contributed by atoms with Gasteiger partial charge in [0.2, 0.25) is 0 Å². The summed E-state index contributed by atoms with van der Waals surface area (Å²) in [7, 11) is 1.26. The molecule has 0 radical (unpaired) electrons. The van der Waals surface area contributed by atoms with Crippen molar-refractivity contribution in [3.05, 3.63) is 76.8 Å². The molecule has 1 saturated heterocycles. The number of imide groups is 2. The number of esters is 1. The Morgan fingerprint density at radius 1 is 1.16 bits per heavy atom. The van der Waals surface area contributed by atoms with Crippen molar-refractivity contribution in [2.75, 3.05) is 18.6 Å². The monoisotopic (exact) mass is 454 g/mol. The second kappa shape index (κ2) is 9.93. The van der Waals surface area contributed by atoms with Gasteiger partial charge in [-0.25, -0.2) is 14.5 Å². The number of nitrogens with zero attached hydrogens (tertiary/aromatic N) is 1. The van der Waals surface area contributed by atoms with E-state index in [1.54, 1.807) is 24.3 Å². The highest BCUT2D eigenvalue weighted by Crippen LogP contribution is 2.26. The quantitative estimate of drug-likeness (QED) is 0.298. The van der Waals surface area contributed by atoms with Gasteiger partial charge in [-0.3, -0.25) is 14.9 Å². The molecular weight excluding hydrogens is 436 g/mol. The summed E-state index contributed by atoms with van der Waals surface area (Å²) in [6, 6.07) is 10.2. The number of rotatable bonds is 7. The minimum absolute atomic E-state index is 0.215. The van der Waals surface area contributed by atoms with Crippen molar-refractivity contribution in [1.82, 2.24) is 5.32 Å². The molecule has 1 aliphatic heterocycles. The molecular formula is C23H19ClN2O6. The van der Waals surface area contributed by atoms with E-state index in [0.717, 1.165) is 4.90 Å². The number of carbonyl (C=O) groups excluding carboxylic acids is 4. The van der Waals surface area contributed by atoms with E-state index in [9.17, 15) is 19.2 Å². The Hall–Kier alpha value is -3.91. The summed E-state index contributed by atoms with van der Waals surface area (Å²) in [6.07, 6.45) is 3.45. The van der Waals surface area contributed by atoms with Gasteiger partial charge in [0.1, 0.15) is 11.3 Å². The summed E-state index contributed by atoms with van der Waals surface area (Å²) in [5.41, 5.74) is 1.27. The molecule has 2 aromatic rings. The maximum absolute atomic E-state index is 13.0. The van der Waals surface area contributed by atoms with Crippen LogP contribution in [-0.4, -0.2) is 37.5 Å². The first kappa shape index (κ1) is 22.8. The zero-order chi connectivity index (χ0) is 23.3. The Morgan fingerprint density at radius 2 is 1.88 bits per heavy atom. The number of urea groups is 1. The summed E-state index contributed by atoms with van der Waals surface area (Å²) in [5.74, 6) is -1.66. The predicted octanol–water partition coefficient (Wildman–Crippen LogP) is 3.29. The lowest BCUT2D eigenvalue weighted by molar-refractivity contribution is -0.143. The molecule has 0 aromatic heterocycles. The lowest BCUT2D eigenvalue weighted by atomic mass is 10.0. The smallest absolute Gasteiger partial charge is 0.343 e. The van der Waals surface area contributed by atoms with Crippen LogP contribution in [0.5, 0.6) is 5.75 Å². The van der Waals surface area contributed by atoms with E-state index in [1.165, 1.54) is 37.5 Å². The van der Waals surface area contributed by atoms with Crippen molar-refractivity contribution in [2.24, 2.45) is 0 Å².